The predicted molar refractivity (Wildman–Crippen MR) is 148 cm³/mol. The number of likely N-dealkylation sites (N-methyl/N-ethyl adjacent to an activating group) is 1. The maximum Gasteiger partial charge on any atom is 0.210 e. The SMILES string of the molecule is CCN1/C(=C\C=N)C(C)(Cc2ccc(SC)cc2)c2cc(OC)ccc21.N=C(O)c1ccccc1.[Co]. The maximum absolute atomic E-state index is 8.61. The van der Waals surface area contributed by atoms with Gasteiger partial charge in [-0.3, -0.25) is 5.41 Å². The van der Waals surface area contributed by atoms with Crippen molar-refractivity contribution in [3.63, 3.8) is 0 Å². The molecule has 3 aromatic rings. The number of thioether (sulfide) groups is 1. The molecule has 3 aromatic carbocycles. The van der Waals surface area contributed by atoms with Gasteiger partial charge in [0.1, 0.15) is 5.75 Å². The Hall–Kier alpha value is -3.00. The maximum atomic E-state index is 8.61. The van der Waals surface area contributed by atoms with E-state index in [0.717, 1.165) is 18.7 Å². The van der Waals surface area contributed by atoms with E-state index in [0.29, 0.717) is 5.56 Å². The van der Waals surface area contributed by atoms with Crippen molar-refractivity contribution in [2.45, 2.75) is 30.6 Å². The van der Waals surface area contributed by atoms with Crippen LogP contribution in [-0.4, -0.2) is 37.1 Å². The number of aliphatic hydroxyl groups is 1. The molecule has 0 aromatic heterocycles. The molecule has 5 nitrogen and oxygen atoms in total. The molecule has 1 aliphatic rings. The molecule has 7 heteroatoms. The third-order valence-electron chi connectivity index (χ3n) is 6.27. The number of allylic oxidation sites excluding steroid dienone is 2. The minimum Gasteiger partial charge on any atom is -0.497 e. The fraction of sp³-hybridized carbons (Fsp3) is 0.241. The van der Waals surface area contributed by atoms with Crippen LogP contribution in [0.25, 0.3) is 0 Å². The quantitative estimate of drug-likeness (QED) is 0.172. The molecule has 3 N–H and O–H groups in total. The van der Waals surface area contributed by atoms with Crippen LogP contribution in [0.15, 0.2) is 89.5 Å². The van der Waals surface area contributed by atoms with Gasteiger partial charge in [-0.25, -0.2) is 0 Å². The first-order valence-electron chi connectivity index (χ1n) is 11.5. The van der Waals surface area contributed by atoms with Crippen molar-refractivity contribution in [1.82, 2.24) is 0 Å². The minimum absolute atomic E-state index is 0. The van der Waals surface area contributed by atoms with Gasteiger partial charge < -0.3 is 20.2 Å². The van der Waals surface area contributed by atoms with E-state index in [-0.39, 0.29) is 28.1 Å². The Kier molecular flexibility index (Phi) is 10.8. The largest absolute Gasteiger partial charge is 0.497 e. The van der Waals surface area contributed by atoms with E-state index in [1.54, 1.807) is 43.1 Å². The van der Waals surface area contributed by atoms with Crippen molar-refractivity contribution < 1.29 is 26.6 Å². The number of methoxy groups -OCH3 is 1. The molecule has 1 atom stereocenters. The summed E-state index contributed by atoms with van der Waals surface area (Å²) in [5, 5.41) is 23.1. The van der Waals surface area contributed by atoms with Crippen LogP contribution in [0.2, 0.25) is 0 Å². The van der Waals surface area contributed by atoms with Crippen LogP contribution in [0, 0.1) is 10.8 Å². The smallest absolute Gasteiger partial charge is 0.210 e. The van der Waals surface area contributed by atoms with Gasteiger partial charge in [0, 0.05) is 56.8 Å². The monoisotopic (exact) mass is 546 g/mol. The number of fused-ring (bicyclic) bond motifs is 1. The van der Waals surface area contributed by atoms with E-state index < -0.39 is 0 Å². The average molecular weight is 547 g/mol. The Labute approximate surface area is 228 Å². The Bertz CT molecular complexity index is 1200. The van der Waals surface area contributed by atoms with Crippen LogP contribution in [0.3, 0.4) is 0 Å². The normalized spacial score (nSPS) is 16.9. The van der Waals surface area contributed by atoms with Crippen molar-refractivity contribution in [3.05, 3.63) is 101 Å². The van der Waals surface area contributed by atoms with Gasteiger partial charge in [0.15, 0.2) is 0 Å². The molecule has 36 heavy (non-hydrogen) atoms. The van der Waals surface area contributed by atoms with Gasteiger partial charge in [0.25, 0.3) is 0 Å². The summed E-state index contributed by atoms with van der Waals surface area (Å²) in [6, 6.07) is 23.9. The van der Waals surface area contributed by atoms with Crippen LogP contribution in [0.5, 0.6) is 5.75 Å². The molecule has 0 saturated carbocycles. The Balaban J connectivity index is 0.000000386. The van der Waals surface area contributed by atoms with Gasteiger partial charge in [-0.2, -0.15) is 0 Å². The third-order valence-corrected chi connectivity index (χ3v) is 7.01. The summed E-state index contributed by atoms with van der Waals surface area (Å²) in [4.78, 5) is 3.59. The minimum atomic E-state index is -0.379. The average Bonchev–Trinajstić information content (AvgIpc) is 3.12. The van der Waals surface area contributed by atoms with E-state index in [1.807, 2.05) is 18.2 Å². The molecule has 0 spiro atoms. The summed E-state index contributed by atoms with van der Waals surface area (Å²) < 4.78 is 5.49. The van der Waals surface area contributed by atoms with E-state index in [2.05, 4.69) is 61.4 Å². The van der Waals surface area contributed by atoms with E-state index in [4.69, 9.17) is 20.7 Å². The summed E-state index contributed by atoms with van der Waals surface area (Å²) in [5.74, 6) is 0.496. The van der Waals surface area contributed by atoms with Crippen molar-refractivity contribution in [1.29, 1.82) is 10.8 Å². The number of nitrogens with one attached hydrogen (secondary N) is 2. The molecular formula is C29H33CoN3O2S. The molecule has 0 fully saturated rings. The van der Waals surface area contributed by atoms with Gasteiger partial charge in [-0.05, 0) is 86.2 Å². The van der Waals surface area contributed by atoms with Gasteiger partial charge in [0.05, 0.1) is 7.11 Å². The van der Waals surface area contributed by atoms with E-state index in [9.17, 15) is 0 Å². The van der Waals surface area contributed by atoms with Gasteiger partial charge >= 0.3 is 0 Å². The molecule has 0 aliphatic carbocycles. The van der Waals surface area contributed by atoms with Crippen molar-refractivity contribution >= 4 is 29.6 Å². The molecule has 1 aliphatic heterocycles. The molecule has 1 heterocycles. The first-order chi connectivity index (χ1) is 16.9. The van der Waals surface area contributed by atoms with E-state index >= 15 is 0 Å². The fourth-order valence-electron chi connectivity index (χ4n) is 4.51. The second-order valence-electron chi connectivity index (χ2n) is 8.42. The zero-order valence-electron chi connectivity index (χ0n) is 21.0. The first kappa shape index (κ1) is 29.2. The molecule has 191 valence electrons. The topological polar surface area (TPSA) is 80.4 Å². The summed E-state index contributed by atoms with van der Waals surface area (Å²) in [6.07, 6.45) is 6.32. The molecule has 0 saturated heterocycles. The van der Waals surface area contributed by atoms with Gasteiger partial charge in [0.2, 0.25) is 5.90 Å². The van der Waals surface area contributed by atoms with Crippen molar-refractivity contribution in [2.75, 3.05) is 24.8 Å². The summed E-state index contributed by atoms with van der Waals surface area (Å²) in [7, 11) is 1.71. The van der Waals surface area contributed by atoms with Crippen molar-refractivity contribution in [2.24, 2.45) is 0 Å². The Morgan fingerprint density at radius 2 is 1.75 bits per heavy atom. The molecule has 0 amide bonds. The second kappa shape index (κ2) is 13.3. The number of aliphatic hydroxyl groups excluding tert-OH is 1. The number of rotatable bonds is 7. The molecule has 1 unspecified atom stereocenters. The van der Waals surface area contributed by atoms with E-state index in [1.165, 1.54) is 33.6 Å². The molecule has 4 rings (SSSR count). The number of benzene rings is 3. The standard InChI is InChI=1S/C22H26N2OS.C7H7NO.Co/c1-5-24-20-11-8-17(25-3)14-19(20)22(2,21(24)12-13-23)15-16-6-9-18(26-4)10-7-16;8-7(9)6-4-2-1-3-5-6;/h6-14,23H,5,15H2,1-4H3;1-5H,(H2,8,9);/b21-12-,23-13?;;. The third kappa shape index (κ3) is 6.40. The van der Waals surface area contributed by atoms with Crippen LogP contribution < -0.4 is 9.64 Å². The van der Waals surface area contributed by atoms with Gasteiger partial charge in [-0.1, -0.05) is 30.3 Å². The zero-order chi connectivity index (χ0) is 25.4. The number of ether oxygens (including phenoxy) is 1. The van der Waals surface area contributed by atoms with Crippen LogP contribution in [-0.2, 0) is 28.6 Å². The first-order valence-corrected chi connectivity index (χ1v) is 12.7. The number of hydrogen-bond acceptors (Lipinski definition) is 5. The summed E-state index contributed by atoms with van der Waals surface area (Å²) in [6.45, 7) is 5.31. The van der Waals surface area contributed by atoms with Crippen molar-refractivity contribution in [3.8, 4) is 5.75 Å². The molecule has 0 bridgehead atoms. The Morgan fingerprint density at radius 3 is 2.25 bits per heavy atom. The van der Waals surface area contributed by atoms with Crippen LogP contribution in [0.4, 0.5) is 5.69 Å². The summed E-state index contributed by atoms with van der Waals surface area (Å²) in [5.41, 5.74) is 5.31. The number of nitrogens with zero attached hydrogens (tertiary/aromatic N) is 1. The van der Waals surface area contributed by atoms with Crippen LogP contribution >= 0.6 is 11.8 Å². The molecule has 1 radical (unpaired) electrons. The van der Waals surface area contributed by atoms with Crippen LogP contribution in [0.1, 0.15) is 30.5 Å². The molecular weight excluding hydrogens is 513 g/mol. The predicted octanol–water partition coefficient (Wildman–Crippen LogP) is 6.86. The van der Waals surface area contributed by atoms with Gasteiger partial charge in [-0.15, -0.1) is 11.8 Å². The Morgan fingerprint density at radius 1 is 1.08 bits per heavy atom. The number of hydrogen-bond donors (Lipinski definition) is 3. The second-order valence-corrected chi connectivity index (χ2v) is 9.30. The fourth-order valence-corrected chi connectivity index (χ4v) is 4.92. The zero-order valence-corrected chi connectivity index (χ0v) is 22.9. The number of anilines is 1. The summed E-state index contributed by atoms with van der Waals surface area (Å²) >= 11 is 1.76.